The molecule has 0 aliphatic rings. The van der Waals surface area contributed by atoms with E-state index in [0.717, 1.165) is 11.8 Å². The van der Waals surface area contributed by atoms with Crippen LogP contribution in [0.15, 0.2) is 54.7 Å². The van der Waals surface area contributed by atoms with Crippen molar-refractivity contribution in [1.82, 2.24) is 9.97 Å². The number of anilines is 4. The van der Waals surface area contributed by atoms with Crippen LogP contribution in [-0.2, 0) is 6.18 Å². The standard InChI is InChI=1S/C20H19F3N4O/c1-3-28-16-9-7-14(8-10-16)25-18-17(20(21,22)23)12-24-19(27-18)26-15-6-4-5-13(2)11-15/h4-12H,3H2,1-2H3,(H2,24,25,26,27). The van der Waals surface area contributed by atoms with Crippen LogP contribution < -0.4 is 15.4 Å². The normalized spacial score (nSPS) is 11.2. The van der Waals surface area contributed by atoms with Crippen LogP contribution in [0, 0.1) is 6.92 Å². The topological polar surface area (TPSA) is 59.1 Å². The molecule has 0 radical (unpaired) electrons. The highest BCUT2D eigenvalue weighted by Crippen LogP contribution is 2.35. The smallest absolute Gasteiger partial charge is 0.421 e. The average Bonchev–Trinajstić information content (AvgIpc) is 2.63. The van der Waals surface area contributed by atoms with Crippen molar-refractivity contribution in [3.63, 3.8) is 0 Å². The molecule has 0 amide bonds. The van der Waals surface area contributed by atoms with E-state index in [4.69, 9.17) is 4.74 Å². The largest absolute Gasteiger partial charge is 0.494 e. The molecule has 8 heteroatoms. The number of aromatic nitrogens is 2. The lowest BCUT2D eigenvalue weighted by Crippen LogP contribution is -2.12. The Morgan fingerprint density at radius 2 is 1.75 bits per heavy atom. The lowest BCUT2D eigenvalue weighted by atomic mass is 10.2. The van der Waals surface area contributed by atoms with Crippen molar-refractivity contribution in [2.45, 2.75) is 20.0 Å². The fourth-order valence-corrected chi connectivity index (χ4v) is 2.53. The minimum absolute atomic E-state index is 0.0621. The number of benzene rings is 2. The molecule has 1 heterocycles. The van der Waals surface area contributed by atoms with Crippen LogP contribution in [0.3, 0.4) is 0 Å². The summed E-state index contributed by atoms with van der Waals surface area (Å²) < 4.78 is 45.4. The fraction of sp³-hybridized carbons (Fsp3) is 0.200. The number of hydrogen-bond donors (Lipinski definition) is 2. The molecule has 0 aliphatic carbocycles. The first-order chi connectivity index (χ1) is 13.3. The number of hydrogen-bond acceptors (Lipinski definition) is 5. The van der Waals surface area contributed by atoms with Gasteiger partial charge in [-0.3, -0.25) is 0 Å². The summed E-state index contributed by atoms with van der Waals surface area (Å²) in [7, 11) is 0. The van der Waals surface area contributed by atoms with Crippen molar-refractivity contribution < 1.29 is 17.9 Å². The van der Waals surface area contributed by atoms with Crippen molar-refractivity contribution in [2.75, 3.05) is 17.2 Å². The van der Waals surface area contributed by atoms with Gasteiger partial charge >= 0.3 is 6.18 Å². The van der Waals surface area contributed by atoms with Crippen molar-refractivity contribution in [3.8, 4) is 5.75 Å². The van der Waals surface area contributed by atoms with Gasteiger partial charge in [-0.25, -0.2) is 4.98 Å². The lowest BCUT2D eigenvalue weighted by Gasteiger charge is -2.15. The predicted octanol–water partition coefficient (Wildman–Crippen LogP) is 5.69. The molecule has 0 atom stereocenters. The van der Waals surface area contributed by atoms with E-state index < -0.39 is 11.7 Å². The second-order valence-corrected chi connectivity index (χ2v) is 6.03. The summed E-state index contributed by atoms with van der Waals surface area (Å²) in [6, 6.07) is 14.0. The predicted molar refractivity (Wildman–Crippen MR) is 102 cm³/mol. The first kappa shape index (κ1) is 19.5. The molecule has 3 aromatic rings. The van der Waals surface area contributed by atoms with E-state index in [2.05, 4.69) is 20.6 Å². The van der Waals surface area contributed by atoms with Gasteiger partial charge in [0, 0.05) is 17.6 Å². The van der Waals surface area contributed by atoms with Crippen LogP contribution >= 0.6 is 0 Å². The highest BCUT2D eigenvalue weighted by atomic mass is 19.4. The minimum Gasteiger partial charge on any atom is -0.494 e. The molecule has 28 heavy (non-hydrogen) atoms. The van der Waals surface area contributed by atoms with Crippen LogP contribution in [0.5, 0.6) is 5.75 Å². The Balaban J connectivity index is 1.90. The van der Waals surface area contributed by atoms with Crippen molar-refractivity contribution in [2.24, 2.45) is 0 Å². The summed E-state index contributed by atoms with van der Waals surface area (Å²) >= 11 is 0. The highest BCUT2D eigenvalue weighted by Gasteiger charge is 2.35. The zero-order valence-corrected chi connectivity index (χ0v) is 15.3. The van der Waals surface area contributed by atoms with Gasteiger partial charge < -0.3 is 15.4 Å². The van der Waals surface area contributed by atoms with Gasteiger partial charge in [-0.05, 0) is 55.8 Å². The maximum Gasteiger partial charge on any atom is 0.421 e. The Labute approximate surface area is 160 Å². The Morgan fingerprint density at radius 1 is 1.00 bits per heavy atom. The van der Waals surface area contributed by atoms with Crippen LogP contribution in [-0.4, -0.2) is 16.6 Å². The second-order valence-electron chi connectivity index (χ2n) is 6.03. The number of halogens is 3. The lowest BCUT2D eigenvalue weighted by molar-refractivity contribution is -0.137. The number of rotatable bonds is 6. The monoisotopic (exact) mass is 388 g/mol. The van der Waals surface area contributed by atoms with Crippen LogP contribution in [0.4, 0.5) is 36.3 Å². The number of aryl methyl sites for hydroxylation is 1. The third kappa shape index (κ3) is 4.91. The number of alkyl halides is 3. The van der Waals surface area contributed by atoms with Crippen molar-refractivity contribution in [3.05, 3.63) is 65.9 Å². The summed E-state index contributed by atoms with van der Waals surface area (Å²) in [6.45, 7) is 4.27. The van der Waals surface area contributed by atoms with E-state index in [9.17, 15) is 13.2 Å². The number of nitrogens with one attached hydrogen (secondary N) is 2. The number of ether oxygens (including phenoxy) is 1. The molecule has 146 valence electrons. The fourth-order valence-electron chi connectivity index (χ4n) is 2.53. The maximum absolute atomic E-state index is 13.4. The molecule has 0 bridgehead atoms. The molecule has 0 saturated carbocycles. The van der Waals surface area contributed by atoms with Gasteiger partial charge in [0.25, 0.3) is 0 Å². The molecule has 0 saturated heterocycles. The van der Waals surface area contributed by atoms with Crippen LogP contribution in [0.2, 0.25) is 0 Å². The maximum atomic E-state index is 13.4. The third-order valence-electron chi connectivity index (χ3n) is 3.80. The van der Waals surface area contributed by atoms with E-state index in [-0.39, 0.29) is 11.8 Å². The van der Waals surface area contributed by atoms with Gasteiger partial charge in [-0.1, -0.05) is 12.1 Å². The van der Waals surface area contributed by atoms with Gasteiger partial charge in [0.05, 0.1) is 6.61 Å². The zero-order valence-electron chi connectivity index (χ0n) is 15.3. The number of nitrogens with zero attached hydrogens (tertiary/aromatic N) is 2. The third-order valence-corrected chi connectivity index (χ3v) is 3.80. The molecule has 3 rings (SSSR count). The van der Waals surface area contributed by atoms with Crippen LogP contribution in [0.25, 0.3) is 0 Å². The molecule has 5 nitrogen and oxygen atoms in total. The Bertz CT molecular complexity index is 943. The summed E-state index contributed by atoms with van der Waals surface area (Å²) in [5.41, 5.74) is 1.20. The zero-order chi connectivity index (χ0) is 20.1. The van der Waals surface area contributed by atoms with Gasteiger partial charge in [0.1, 0.15) is 17.1 Å². The van der Waals surface area contributed by atoms with E-state index in [1.54, 1.807) is 30.3 Å². The van der Waals surface area contributed by atoms with Gasteiger partial charge in [-0.15, -0.1) is 0 Å². The first-order valence-electron chi connectivity index (χ1n) is 8.63. The van der Waals surface area contributed by atoms with E-state index >= 15 is 0 Å². The molecule has 0 aliphatic heterocycles. The molecule has 2 aromatic carbocycles. The van der Waals surface area contributed by atoms with Gasteiger partial charge in [-0.2, -0.15) is 18.2 Å². The summed E-state index contributed by atoms with van der Waals surface area (Å²) in [5.74, 6) is 0.363. The van der Waals surface area contributed by atoms with E-state index in [1.165, 1.54) is 0 Å². The van der Waals surface area contributed by atoms with Gasteiger partial charge in [0.15, 0.2) is 0 Å². The highest BCUT2D eigenvalue weighted by molar-refractivity contribution is 5.63. The first-order valence-corrected chi connectivity index (χ1v) is 8.63. The Kier molecular flexibility index (Phi) is 5.67. The van der Waals surface area contributed by atoms with E-state index in [1.807, 2.05) is 32.0 Å². The quantitative estimate of drug-likeness (QED) is 0.568. The summed E-state index contributed by atoms with van der Waals surface area (Å²) in [4.78, 5) is 7.84. The molecule has 1 aromatic heterocycles. The average molecular weight is 388 g/mol. The summed E-state index contributed by atoms with van der Waals surface area (Å²) in [5, 5.41) is 5.65. The molecule has 2 N–H and O–H groups in total. The SMILES string of the molecule is CCOc1ccc(Nc2nc(Nc3cccc(C)c3)ncc2C(F)(F)F)cc1. The van der Waals surface area contributed by atoms with Crippen LogP contribution in [0.1, 0.15) is 18.1 Å². The second kappa shape index (κ2) is 8.16. The summed E-state index contributed by atoms with van der Waals surface area (Å²) in [6.07, 6.45) is -3.82. The van der Waals surface area contributed by atoms with Crippen molar-refractivity contribution in [1.29, 1.82) is 0 Å². The molecular formula is C20H19F3N4O. The molecular weight excluding hydrogens is 369 g/mol. The Hall–Kier alpha value is -3.29. The Morgan fingerprint density at radius 3 is 2.39 bits per heavy atom. The van der Waals surface area contributed by atoms with E-state index in [0.29, 0.717) is 23.7 Å². The van der Waals surface area contributed by atoms with Crippen molar-refractivity contribution >= 4 is 23.1 Å². The minimum atomic E-state index is -4.59. The molecule has 0 fully saturated rings. The molecule has 0 spiro atoms. The molecule has 0 unspecified atom stereocenters. The van der Waals surface area contributed by atoms with Gasteiger partial charge in [0.2, 0.25) is 5.95 Å².